The zero-order valence-electron chi connectivity index (χ0n) is 19.4. The number of hydrogen-bond donors (Lipinski definition) is 2. The number of hydrogen-bond acceptors (Lipinski definition) is 4. The lowest BCUT2D eigenvalue weighted by atomic mass is 9.80. The lowest BCUT2D eigenvalue weighted by Crippen LogP contribution is -2.46. The van der Waals surface area contributed by atoms with Crippen molar-refractivity contribution in [3.8, 4) is 0 Å². The van der Waals surface area contributed by atoms with Crippen molar-refractivity contribution in [1.29, 1.82) is 0 Å². The fourth-order valence-electron chi connectivity index (χ4n) is 4.49. The normalized spacial score (nSPS) is 23.6. The van der Waals surface area contributed by atoms with Crippen LogP contribution in [0.5, 0.6) is 0 Å². The molecule has 0 unspecified atom stereocenters. The maximum Gasteiger partial charge on any atom is 0.408 e. The summed E-state index contributed by atoms with van der Waals surface area (Å²) >= 11 is 0. The van der Waals surface area contributed by atoms with Gasteiger partial charge in [0.25, 0.3) is 5.91 Å². The molecule has 1 heterocycles. The summed E-state index contributed by atoms with van der Waals surface area (Å²) in [6, 6.07) is 8.04. The van der Waals surface area contributed by atoms with Gasteiger partial charge in [0.15, 0.2) is 6.10 Å². The molecule has 0 aromatic heterocycles. The molecule has 1 saturated heterocycles. The fraction of sp³-hybridized carbons (Fsp3) is 0.680. The predicted octanol–water partition coefficient (Wildman–Crippen LogP) is 5.24. The van der Waals surface area contributed by atoms with Gasteiger partial charge in [-0.3, -0.25) is 4.79 Å². The molecule has 2 aliphatic rings. The largest absolute Gasteiger partial charge is 0.436 e. The zero-order valence-corrected chi connectivity index (χ0v) is 19.4. The maximum absolute atomic E-state index is 13.1. The predicted molar refractivity (Wildman–Crippen MR) is 122 cm³/mol. The first-order valence-corrected chi connectivity index (χ1v) is 11.7. The maximum atomic E-state index is 13.1. The van der Waals surface area contributed by atoms with E-state index in [1.54, 1.807) is 0 Å². The summed E-state index contributed by atoms with van der Waals surface area (Å²) < 4.78 is 11.1. The molecule has 3 rings (SSSR count). The van der Waals surface area contributed by atoms with Crippen LogP contribution in [-0.4, -0.2) is 36.9 Å². The minimum absolute atomic E-state index is 0.0448. The Morgan fingerprint density at radius 2 is 1.61 bits per heavy atom. The van der Waals surface area contributed by atoms with Crippen molar-refractivity contribution in [2.75, 3.05) is 18.5 Å². The molecule has 1 aromatic carbocycles. The summed E-state index contributed by atoms with van der Waals surface area (Å²) in [7, 11) is 0. The molecule has 0 bridgehead atoms. The van der Waals surface area contributed by atoms with Crippen molar-refractivity contribution < 1.29 is 19.1 Å². The molecule has 172 valence electrons. The van der Waals surface area contributed by atoms with Crippen LogP contribution in [0.25, 0.3) is 0 Å². The van der Waals surface area contributed by atoms with E-state index in [1.807, 2.05) is 32.9 Å². The monoisotopic (exact) mass is 430 g/mol. The number of alkyl carbamates (subject to hydrolysis) is 1. The molecule has 2 N–H and O–H groups in total. The van der Waals surface area contributed by atoms with Crippen molar-refractivity contribution >= 4 is 17.7 Å². The molecule has 1 saturated carbocycles. The summed E-state index contributed by atoms with van der Waals surface area (Å²) in [6.45, 7) is 9.53. The Labute approximate surface area is 186 Å². The summed E-state index contributed by atoms with van der Waals surface area (Å²) in [5.74, 6) is 0.965. The number of anilines is 1. The van der Waals surface area contributed by atoms with E-state index in [9.17, 15) is 9.59 Å². The van der Waals surface area contributed by atoms with E-state index in [2.05, 4.69) is 29.7 Å². The molecule has 0 spiro atoms. The molecule has 0 radical (unpaired) electrons. The van der Waals surface area contributed by atoms with Gasteiger partial charge in [0.1, 0.15) is 0 Å². The van der Waals surface area contributed by atoms with Gasteiger partial charge in [0, 0.05) is 30.4 Å². The van der Waals surface area contributed by atoms with Gasteiger partial charge in [-0.1, -0.05) is 31.9 Å². The van der Waals surface area contributed by atoms with Crippen molar-refractivity contribution in [2.45, 2.75) is 83.8 Å². The number of rotatable bonds is 5. The second kappa shape index (κ2) is 10.5. The lowest BCUT2D eigenvalue weighted by Gasteiger charge is -2.32. The van der Waals surface area contributed by atoms with E-state index in [0.29, 0.717) is 11.8 Å². The first-order chi connectivity index (χ1) is 14.7. The Morgan fingerprint density at radius 3 is 2.19 bits per heavy atom. The highest BCUT2D eigenvalue weighted by atomic mass is 16.6. The van der Waals surface area contributed by atoms with E-state index in [4.69, 9.17) is 9.47 Å². The third kappa shape index (κ3) is 7.23. The summed E-state index contributed by atoms with van der Waals surface area (Å²) in [5, 5.41) is 5.79. The molecule has 2 fully saturated rings. The average Bonchev–Trinajstić information content (AvgIpc) is 2.73. The molecular formula is C25H38N2O4. The number of nitrogens with one attached hydrogen (secondary N) is 2. The van der Waals surface area contributed by atoms with Crippen molar-refractivity contribution in [3.63, 3.8) is 0 Å². The molecule has 1 atom stereocenters. The van der Waals surface area contributed by atoms with E-state index in [1.165, 1.54) is 5.56 Å². The molecule has 6 nitrogen and oxygen atoms in total. The van der Waals surface area contributed by atoms with Crippen molar-refractivity contribution in [2.24, 2.45) is 11.8 Å². The van der Waals surface area contributed by atoms with Crippen LogP contribution in [0.15, 0.2) is 24.3 Å². The van der Waals surface area contributed by atoms with Gasteiger partial charge >= 0.3 is 6.09 Å². The van der Waals surface area contributed by atoms with Gasteiger partial charge in [-0.25, -0.2) is 4.79 Å². The smallest absolute Gasteiger partial charge is 0.408 e. The third-order valence-corrected chi connectivity index (χ3v) is 6.33. The van der Waals surface area contributed by atoms with Gasteiger partial charge in [-0.15, -0.1) is 0 Å². The van der Waals surface area contributed by atoms with Crippen molar-refractivity contribution in [1.82, 2.24) is 5.32 Å². The Bertz CT molecular complexity index is 727. The number of ether oxygens (including phenoxy) is 2. The Hall–Kier alpha value is -2.08. The fourth-order valence-corrected chi connectivity index (χ4v) is 4.49. The van der Waals surface area contributed by atoms with Crippen LogP contribution >= 0.6 is 0 Å². The van der Waals surface area contributed by atoms with Crippen LogP contribution in [0.2, 0.25) is 0 Å². The first-order valence-electron chi connectivity index (χ1n) is 11.7. The van der Waals surface area contributed by atoms with E-state index in [0.717, 1.165) is 57.4 Å². The highest BCUT2D eigenvalue weighted by Crippen LogP contribution is 2.33. The minimum atomic E-state index is -0.787. The van der Waals surface area contributed by atoms with Crippen LogP contribution in [-0.2, 0) is 14.3 Å². The summed E-state index contributed by atoms with van der Waals surface area (Å²) in [5.41, 5.74) is 1.59. The Balaban J connectivity index is 1.66. The molecule has 6 heteroatoms. The SMILES string of the molecule is CC1CCC([C@H](OC(=O)NC(C)(C)C)C(=O)Nc2ccc(C3CCOCC3)cc2)CC1. The molecule has 1 aromatic rings. The third-order valence-electron chi connectivity index (χ3n) is 6.33. The van der Waals surface area contributed by atoms with Crippen LogP contribution < -0.4 is 10.6 Å². The standard InChI is InChI=1S/C25H38N2O4/c1-17-5-7-20(8-6-17)22(31-24(29)27-25(2,3)4)23(28)26-21-11-9-18(10-12-21)19-13-15-30-16-14-19/h9-12,17,19-20,22H,5-8,13-16H2,1-4H3,(H,26,28)(H,27,29)/t17?,20?,22-/m0/s1. The lowest BCUT2D eigenvalue weighted by molar-refractivity contribution is -0.127. The molecule has 1 aliphatic heterocycles. The Morgan fingerprint density at radius 1 is 1.00 bits per heavy atom. The second-order valence-electron chi connectivity index (χ2n) is 10.2. The first kappa shape index (κ1) is 23.6. The highest BCUT2D eigenvalue weighted by Gasteiger charge is 2.35. The minimum Gasteiger partial charge on any atom is -0.436 e. The van der Waals surface area contributed by atoms with E-state index < -0.39 is 17.7 Å². The van der Waals surface area contributed by atoms with Gasteiger partial charge in [-0.05, 0) is 76.0 Å². The van der Waals surface area contributed by atoms with Crippen LogP contribution in [0.3, 0.4) is 0 Å². The molecule has 31 heavy (non-hydrogen) atoms. The quantitative estimate of drug-likeness (QED) is 0.670. The molecule has 2 amide bonds. The molecule has 1 aliphatic carbocycles. The Kier molecular flexibility index (Phi) is 7.98. The average molecular weight is 431 g/mol. The van der Waals surface area contributed by atoms with Gasteiger partial charge in [-0.2, -0.15) is 0 Å². The van der Waals surface area contributed by atoms with Gasteiger partial charge in [0.2, 0.25) is 0 Å². The van der Waals surface area contributed by atoms with Crippen LogP contribution in [0.1, 0.15) is 77.7 Å². The zero-order chi connectivity index (χ0) is 22.4. The van der Waals surface area contributed by atoms with Crippen LogP contribution in [0.4, 0.5) is 10.5 Å². The number of amides is 2. The van der Waals surface area contributed by atoms with Gasteiger partial charge < -0.3 is 20.1 Å². The van der Waals surface area contributed by atoms with Gasteiger partial charge in [0.05, 0.1) is 0 Å². The topological polar surface area (TPSA) is 76.7 Å². The molecular weight excluding hydrogens is 392 g/mol. The number of carbonyl (C=O) groups excluding carboxylic acids is 2. The van der Waals surface area contributed by atoms with Crippen molar-refractivity contribution in [3.05, 3.63) is 29.8 Å². The summed E-state index contributed by atoms with van der Waals surface area (Å²) in [6.07, 6.45) is 4.63. The highest BCUT2D eigenvalue weighted by molar-refractivity contribution is 5.95. The van der Waals surface area contributed by atoms with Crippen LogP contribution in [0, 0.1) is 11.8 Å². The summed E-state index contributed by atoms with van der Waals surface area (Å²) in [4.78, 5) is 25.6. The van der Waals surface area contributed by atoms with E-state index >= 15 is 0 Å². The number of benzene rings is 1. The second-order valence-corrected chi connectivity index (χ2v) is 10.2. The number of carbonyl (C=O) groups is 2. The van der Waals surface area contributed by atoms with E-state index in [-0.39, 0.29) is 11.8 Å².